The third-order valence-corrected chi connectivity index (χ3v) is 4.51. The second-order valence-corrected chi connectivity index (χ2v) is 6.89. The van der Waals surface area contributed by atoms with E-state index in [0.29, 0.717) is 28.2 Å². The number of aryl methyl sites for hydroxylation is 1. The number of benzene rings is 2. The molecule has 0 unspecified atom stereocenters. The minimum Gasteiger partial charge on any atom is -0.415 e. The Bertz CT molecular complexity index is 1200. The zero-order valence-electron chi connectivity index (χ0n) is 16.6. The molecule has 0 N–H and O–H groups in total. The first-order valence-electron chi connectivity index (χ1n) is 9.18. The molecule has 0 spiro atoms. The van der Waals surface area contributed by atoms with Gasteiger partial charge in [-0.15, -0.1) is 10.2 Å². The third kappa shape index (κ3) is 3.80. The Morgan fingerprint density at radius 1 is 0.933 bits per heavy atom. The van der Waals surface area contributed by atoms with Crippen LogP contribution < -0.4 is 0 Å². The predicted octanol–water partition coefficient (Wildman–Crippen LogP) is 4.01. The Labute approximate surface area is 172 Å². The van der Waals surface area contributed by atoms with Gasteiger partial charge >= 0.3 is 0 Å². The predicted molar refractivity (Wildman–Crippen MR) is 109 cm³/mol. The lowest BCUT2D eigenvalue weighted by Gasteiger charge is -2.10. The number of amides is 1. The molecule has 2 heterocycles. The van der Waals surface area contributed by atoms with Crippen molar-refractivity contribution < 1.29 is 13.6 Å². The molecule has 2 aromatic heterocycles. The average Bonchev–Trinajstić information content (AvgIpc) is 3.24. The molecule has 0 atom stereocenters. The summed E-state index contributed by atoms with van der Waals surface area (Å²) in [5.41, 5.74) is 3.70. The molecule has 0 bridgehead atoms. The Kier molecular flexibility index (Phi) is 5.05. The van der Waals surface area contributed by atoms with Crippen LogP contribution in [0.5, 0.6) is 0 Å². The van der Waals surface area contributed by atoms with Gasteiger partial charge in [0.25, 0.3) is 11.8 Å². The fraction of sp³-hybridized carbons (Fsp3) is 0.136. The number of halogens is 1. The van der Waals surface area contributed by atoms with Crippen molar-refractivity contribution in [2.45, 2.75) is 6.92 Å². The zero-order chi connectivity index (χ0) is 21.3. The first-order valence-corrected chi connectivity index (χ1v) is 9.18. The van der Waals surface area contributed by atoms with Crippen LogP contribution in [0.4, 0.5) is 4.39 Å². The van der Waals surface area contributed by atoms with Gasteiger partial charge in [-0.05, 0) is 43.3 Å². The zero-order valence-corrected chi connectivity index (χ0v) is 16.6. The topological polar surface area (TPSA) is 85.0 Å². The van der Waals surface area contributed by atoms with E-state index in [1.807, 2.05) is 12.1 Å². The van der Waals surface area contributed by atoms with Crippen molar-refractivity contribution in [2.75, 3.05) is 14.1 Å². The molecule has 0 radical (unpaired) electrons. The monoisotopic (exact) mass is 403 g/mol. The Hall–Kier alpha value is -3.94. The van der Waals surface area contributed by atoms with Crippen molar-refractivity contribution in [3.8, 4) is 34.3 Å². The molecular formula is C22H18FN5O2. The Balaban J connectivity index is 1.66. The first kappa shape index (κ1) is 19.4. The molecule has 0 saturated carbocycles. The van der Waals surface area contributed by atoms with E-state index in [1.165, 1.54) is 17.0 Å². The van der Waals surface area contributed by atoms with Crippen molar-refractivity contribution in [3.63, 3.8) is 0 Å². The van der Waals surface area contributed by atoms with Crippen LogP contribution in [0.15, 0.2) is 59.1 Å². The van der Waals surface area contributed by atoms with Gasteiger partial charge in [0.05, 0.1) is 17.6 Å². The molecule has 150 valence electrons. The van der Waals surface area contributed by atoms with E-state index in [1.54, 1.807) is 51.5 Å². The lowest BCUT2D eigenvalue weighted by molar-refractivity contribution is 0.0827. The minimum absolute atomic E-state index is 0.0728. The molecule has 2 aromatic carbocycles. The summed E-state index contributed by atoms with van der Waals surface area (Å²) in [6.45, 7) is 1.80. The molecule has 4 aromatic rings. The van der Waals surface area contributed by atoms with Crippen LogP contribution in [-0.2, 0) is 0 Å². The summed E-state index contributed by atoms with van der Waals surface area (Å²) in [4.78, 5) is 22.6. The molecule has 0 saturated heterocycles. The highest BCUT2D eigenvalue weighted by atomic mass is 19.1. The quantitative estimate of drug-likeness (QED) is 0.512. The minimum atomic E-state index is -0.341. The van der Waals surface area contributed by atoms with Gasteiger partial charge in [0.1, 0.15) is 11.5 Å². The summed E-state index contributed by atoms with van der Waals surface area (Å²) in [5.74, 6) is 0.0753. The first-order chi connectivity index (χ1) is 14.4. The third-order valence-electron chi connectivity index (χ3n) is 4.51. The molecule has 4 rings (SSSR count). The van der Waals surface area contributed by atoms with E-state index in [2.05, 4.69) is 20.2 Å². The maximum atomic E-state index is 13.1. The number of carbonyl (C=O) groups is 1. The van der Waals surface area contributed by atoms with Crippen LogP contribution in [0, 0.1) is 12.7 Å². The molecule has 0 aliphatic heterocycles. The number of rotatable bonds is 4. The number of carbonyl (C=O) groups excluding carboxylic acids is 1. The van der Waals surface area contributed by atoms with E-state index < -0.39 is 0 Å². The lowest BCUT2D eigenvalue weighted by atomic mass is 10.1. The van der Waals surface area contributed by atoms with Crippen LogP contribution >= 0.6 is 0 Å². The number of hydrogen-bond acceptors (Lipinski definition) is 6. The SMILES string of the molecule is Cc1ncc(-c2ccc(C(=O)N(C)C)cc2)nc1-c1nnc(-c2ccc(F)cc2)o1. The highest BCUT2D eigenvalue weighted by Gasteiger charge is 2.16. The van der Waals surface area contributed by atoms with Crippen molar-refractivity contribution >= 4 is 5.91 Å². The lowest BCUT2D eigenvalue weighted by Crippen LogP contribution is -2.21. The van der Waals surface area contributed by atoms with Gasteiger partial charge in [0.15, 0.2) is 0 Å². The second kappa shape index (κ2) is 7.82. The van der Waals surface area contributed by atoms with Gasteiger partial charge < -0.3 is 9.32 Å². The number of hydrogen-bond donors (Lipinski definition) is 0. The summed E-state index contributed by atoms with van der Waals surface area (Å²) in [5, 5.41) is 8.11. The molecule has 0 fully saturated rings. The standard InChI is InChI=1S/C22H18FN5O2/c1-13-19(21-27-26-20(30-21)15-8-10-17(23)11-9-15)25-18(12-24-13)14-4-6-16(7-5-14)22(29)28(2)3/h4-12H,1-3H3. The second-order valence-electron chi connectivity index (χ2n) is 6.89. The molecule has 0 aliphatic rings. The van der Waals surface area contributed by atoms with Crippen molar-refractivity contribution in [3.05, 3.63) is 71.8 Å². The molecule has 7 nitrogen and oxygen atoms in total. The molecule has 30 heavy (non-hydrogen) atoms. The number of aromatic nitrogens is 4. The van der Waals surface area contributed by atoms with E-state index in [0.717, 1.165) is 5.56 Å². The summed E-state index contributed by atoms with van der Waals surface area (Å²) >= 11 is 0. The fourth-order valence-electron chi connectivity index (χ4n) is 2.86. The van der Waals surface area contributed by atoms with Crippen LogP contribution in [0.25, 0.3) is 34.3 Å². The molecular weight excluding hydrogens is 385 g/mol. The normalized spacial score (nSPS) is 10.8. The largest absolute Gasteiger partial charge is 0.415 e. The van der Waals surface area contributed by atoms with E-state index in [9.17, 15) is 9.18 Å². The highest BCUT2D eigenvalue weighted by molar-refractivity contribution is 5.94. The van der Waals surface area contributed by atoms with E-state index >= 15 is 0 Å². The maximum Gasteiger partial charge on any atom is 0.268 e. The van der Waals surface area contributed by atoms with Crippen LogP contribution in [0.1, 0.15) is 16.1 Å². The van der Waals surface area contributed by atoms with Crippen molar-refractivity contribution in [2.24, 2.45) is 0 Å². The van der Waals surface area contributed by atoms with Crippen LogP contribution in [0.2, 0.25) is 0 Å². The summed E-state index contributed by atoms with van der Waals surface area (Å²) in [6, 6.07) is 12.9. The molecule has 1 amide bonds. The molecule has 0 aliphatic carbocycles. The van der Waals surface area contributed by atoms with Gasteiger partial charge in [-0.1, -0.05) is 12.1 Å². The van der Waals surface area contributed by atoms with Gasteiger partial charge in [0, 0.05) is 30.8 Å². The summed E-state index contributed by atoms with van der Waals surface area (Å²) < 4.78 is 18.9. The average molecular weight is 403 g/mol. The Morgan fingerprint density at radius 2 is 1.57 bits per heavy atom. The van der Waals surface area contributed by atoms with E-state index in [4.69, 9.17) is 4.42 Å². The van der Waals surface area contributed by atoms with Gasteiger partial charge in [-0.2, -0.15) is 0 Å². The summed E-state index contributed by atoms with van der Waals surface area (Å²) in [6.07, 6.45) is 1.65. The Morgan fingerprint density at radius 3 is 2.23 bits per heavy atom. The maximum absolute atomic E-state index is 13.1. The number of nitrogens with zero attached hydrogens (tertiary/aromatic N) is 5. The van der Waals surface area contributed by atoms with Gasteiger partial charge in [0.2, 0.25) is 5.89 Å². The molecule has 8 heteroatoms. The van der Waals surface area contributed by atoms with Gasteiger partial charge in [-0.25, -0.2) is 9.37 Å². The van der Waals surface area contributed by atoms with E-state index in [-0.39, 0.29) is 23.5 Å². The highest BCUT2D eigenvalue weighted by Crippen LogP contribution is 2.27. The van der Waals surface area contributed by atoms with Gasteiger partial charge in [-0.3, -0.25) is 9.78 Å². The van der Waals surface area contributed by atoms with Crippen LogP contribution in [-0.4, -0.2) is 45.1 Å². The van der Waals surface area contributed by atoms with Crippen molar-refractivity contribution in [1.29, 1.82) is 0 Å². The van der Waals surface area contributed by atoms with Crippen LogP contribution in [0.3, 0.4) is 0 Å². The smallest absolute Gasteiger partial charge is 0.268 e. The fourth-order valence-corrected chi connectivity index (χ4v) is 2.86. The summed E-state index contributed by atoms with van der Waals surface area (Å²) in [7, 11) is 3.41. The van der Waals surface area contributed by atoms with Crippen molar-refractivity contribution in [1.82, 2.24) is 25.1 Å².